The van der Waals surface area contributed by atoms with E-state index in [1.165, 1.54) is 29.2 Å². The number of carbonyl (C=O) groups is 2. The van der Waals surface area contributed by atoms with Crippen molar-refractivity contribution in [2.24, 2.45) is 35.5 Å². The van der Waals surface area contributed by atoms with Gasteiger partial charge < -0.3 is 0 Å². The second kappa shape index (κ2) is 6.04. The third-order valence-electron chi connectivity index (χ3n) is 6.94. The van der Waals surface area contributed by atoms with Gasteiger partial charge in [-0.25, -0.2) is 8.42 Å². The van der Waals surface area contributed by atoms with E-state index in [0.29, 0.717) is 33.6 Å². The van der Waals surface area contributed by atoms with Crippen LogP contribution in [-0.2, 0) is 19.6 Å². The second-order valence-corrected chi connectivity index (χ2v) is 10.9. The molecule has 2 aromatic carbocycles. The molecule has 30 heavy (non-hydrogen) atoms. The fourth-order valence-electron chi connectivity index (χ4n) is 5.68. The monoisotopic (exact) mass is 484 g/mol. The van der Waals surface area contributed by atoms with Crippen molar-refractivity contribution in [1.29, 1.82) is 0 Å². The number of sulfonamides is 1. The largest absolute Gasteiger partial charge is 0.278 e. The van der Waals surface area contributed by atoms with Crippen molar-refractivity contribution < 1.29 is 18.0 Å². The molecule has 6 atom stereocenters. The van der Waals surface area contributed by atoms with Crippen LogP contribution in [0.5, 0.6) is 0 Å². The van der Waals surface area contributed by atoms with E-state index in [9.17, 15) is 18.0 Å². The molecule has 152 valence electrons. The Morgan fingerprint density at radius 1 is 0.833 bits per heavy atom. The molecule has 0 aromatic heterocycles. The van der Waals surface area contributed by atoms with Crippen LogP contribution in [0.2, 0.25) is 0 Å². The fourth-order valence-corrected chi connectivity index (χ4v) is 7.27. The highest BCUT2D eigenvalue weighted by Gasteiger charge is 2.74. The molecule has 6 rings (SSSR count). The number of imide groups is 1. The number of hydrogen-bond donors (Lipinski definition) is 1. The summed E-state index contributed by atoms with van der Waals surface area (Å²) >= 11 is 3.32. The summed E-state index contributed by atoms with van der Waals surface area (Å²) in [6.07, 6.45) is 4.27. The van der Waals surface area contributed by atoms with E-state index in [4.69, 9.17) is 0 Å². The lowest BCUT2D eigenvalue weighted by Gasteiger charge is -2.18. The van der Waals surface area contributed by atoms with E-state index >= 15 is 0 Å². The van der Waals surface area contributed by atoms with Crippen molar-refractivity contribution in [1.82, 2.24) is 0 Å². The molecule has 1 N–H and O–H groups in total. The Kier molecular flexibility index (Phi) is 3.69. The van der Waals surface area contributed by atoms with E-state index in [1.54, 1.807) is 24.3 Å². The van der Waals surface area contributed by atoms with Gasteiger partial charge in [-0.05, 0) is 76.0 Å². The molecule has 0 radical (unpaired) electrons. The maximum Gasteiger partial charge on any atom is 0.261 e. The lowest BCUT2D eigenvalue weighted by Crippen LogP contribution is -2.32. The van der Waals surface area contributed by atoms with Gasteiger partial charge >= 0.3 is 0 Å². The number of rotatable bonds is 4. The summed E-state index contributed by atoms with van der Waals surface area (Å²) in [5, 5.41) is 0. The van der Waals surface area contributed by atoms with Crippen molar-refractivity contribution >= 4 is 49.1 Å². The third kappa shape index (κ3) is 2.37. The Bertz CT molecular complexity index is 1240. The van der Waals surface area contributed by atoms with Crippen molar-refractivity contribution in [3.8, 4) is 0 Å². The molecular formula is C22H17BrN2O4S. The number of hydrogen-bond acceptors (Lipinski definition) is 4. The molecule has 2 amide bonds. The Hall–Kier alpha value is -2.45. The van der Waals surface area contributed by atoms with Crippen LogP contribution in [-0.4, -0.2) is 20.2 Å². The van der Waals surface area contributed by atoms with Crippen LogP contribution in [0.1, 0.15) is 0 Å². The molecule has 8 heteroatoms. The molecule has 0 spiro atoms. The number of halogens is 1. The van der Waals surface area contributed by atoms with E-state index in [2.05, 4.69) is 32.8 Å². The molecule has 3 aliphatic carbocycles. The molecule has 1 aliphatic heterocycles. The standard InChI is InChI=1S/C22H17BrN2O4S/c23-15-3-1-2-4-16(15)24-30(28,29)12-7-5-11(6-8-12)25-21(26)19-14-10-9-13-17(14)18(13)20(19)22(25)27/h1-10,13-14,17-20,24H/t13-,14?,17+,18?,19+,20-/m1/s1. The first-order valence-corrected chi connectivity index (χ1v) is 12.1. The van der Waals surface area contributed by atoms with Crippen LogP contribution in [0.25, 0.3) is 0 Å². The summed E-state index contributed by atoms with van der Waals surface area (Å²) in [5.41, 5.74) is 0.859. The van der Waals surface area contributed by atoms with Crippen LogP contribution in [0.15, 0.2) is 70.1 Å². The van der Waals surface area contributed by atoms with E-state index in [1.807, 2.05) is 0 Å². The maximum atomic E-state index is 13.1. The summed E-state index contributed by atoms with van der Waals surface area (Å²) in [7, 11) is -3.80. The third-order valence-corrected chi connectivity index (χ3v) is 9.02. The number of benzene rings is 2. The predicted octanol–water partition coefficient (Wildman–Crippen LogP) is 3.42. The average molecular weight is 485 g/mol. The predicted molar refractivity (Wildman–Crippen MR) is 114 cm³/mol. The van der Waals surface area contributed by atoms with Crippen LogP contribution in [0, 0.1) is 35.5 Å². The molecular weight excluding hydrogens is 468 g/mol. The van der Waals surface area contributed by atoms with Gasteiger partial charge in [-0.2, -0.15) is 0 Å². The minimum Gasteiger partial charge on any atom is -0.278 e. The van der Waals surface area contributed by atoms with Gasteiger partial charge in [0.25, 0.3) is 10.0 Å². The van der Waals surface area contributed by atoms with Crippen LogP contribution in [0.3, 0.4) is 0 Å². The molecule has 2 aromatic rings. The van der Waals surface area contributed by atoms with Gasteiger partial charge in [0.05, 0.1) is 28.1 Å². The maximum absolute atomic E-state index is 13.1. The van der Waals surface area contributed by atoms with Crippen molar-refractivity contribution in [3.05, 3.63) is 65.2 Å². The Labute approximate surface area is 182 Å². The van der Waals surface area contributed by atoms with E-state index < -0.39 is 10.0 Å². The van der Waals surface area contributed by atoms with Gasteiger partial charge in [0.2, 0.25) is 11.8 Å². The first kappa shape index (κ1) is 18.3. The van der Waals surface area contributed by atoms with Crippen LogP contribution >= 0.6 is 15.9 Å². The minimum absolute atomic E-state index is 0.0607. The van der Waals surface area contributed by atoms with Gasteiger partial charge in [-0.3, -0.25) is 19.2 Å². The van der Waals surface area contributed by atoms with Crippen molar-refractivity contribution in [3.63, 3.8) is 0 Å². The summed E-state index contributed by atoms with van der Waals surface area (Å²) in [6, 6.07) is 12.8. The first-order chi connectivity index (χ1) is 14.4. The molecule has 4 aliphatic rings. The zero-order chi connectivity index (χ0) is 20.8. The topological polar surface area (TPSA) is 83.6 Å². The highest BCUT2D eigenvalue weighted by atomic mass is 79.9. The smallest absolute Gasteiger partial charge is 0.261 e. The summed E-state index contributed by atoms with van der Waals surface area (Å²) in [4.78, 5) is 27.4. The van der Waals surface area contributed by atoms with Gasteiger partial charge in [0.15, 0.2) is 0 Å². The zero-order valence-corrected chi connectivity index (χ0v) is 18.0. The lowest BCUT2D eigenvalue weighted by atomic mass is 9.87. The molecule has 3 fully saturated rings. The Morgan fingerprint density at radius 2 is 1.50 bits per heavy atom. The van der Waals surface area contributed by atoms with E-state index in [0.717, 1.165) is 0 Å². The number of fused-ring (bicyclic) bond motifs is 4. The lowest BCUT2D eigenvalue weighted by molar-refractivity contribution is -0.123. The highest BCUT2D eigenvalue weighted by Crippen LogP contribution is 2.71. The molecule has 6 nitrogen and oxygen atoms in total. The zero-order valence-electron chi connectivity index (χ0n) is 15.6. The van der Waals surface area contributed by atoms with Gasteiger partial charge in [0.1, 0.15) is 0 Å². The molecule has 0 bridgehead atoms. The summed E-state index contributed by atoms with van der Waals surface area (Å²) in [6.45, 7) is 0. The van der Waals surface area contributed by atoms with Gasteiger partial charge in [0, 0.05) is 4.47 Å². The van der Waals surface area contributed by atoms with Crippen molar-refractivity contribution in [2.45, 2.75) is 4.90 Å². The summed E-state index contributed by atoms with van der Waals surface area (Å²) in [5.74, 6) is 0.634. The van der Waals surface area contributed by atoms with Crippen LogP contribution < -0.4 is 9.62 Å². The molecule has 1 heterocycles. The quantitative estimate of drug-likeness (QED) is 0.532. The number of nitrogens with one attached hydrogen (secondary N) is 1. The average Bonchev–Trinajstić information content (AvgIpc) is 3.00. The highest BCUT2D eigenvalue weighted by molar-refractivity contribution is 9.10. The molecule has 1 saturated heterocycles. The second-order valence-electron chi connectivity index (χ2n) is 8.34. The van der Waals surface area contributed by atoms with Crippen LogP contribution in [0.4, 0.5) is 11.4 Å². The number of anilines is 2. The fraction of sp³-hybridized carbons (Fsp3) is 0.273. The SMILES string of the molecule is O=C1[C@@H]2C3[C@@H]4C(C=C[C@@H]34)[C@@H]2C(=O)N1c1ccc(S(=O)(=O)Nc2ccccc2Br)cc1. The van der Waals surface area contributed by atoms with Gasteiger partial charge in [-0.15, -0.1) is 0 Å². The van der Waals surface area contributed by atoms with Crippen molar-refractivity contribution in [2.75, 3.05) is 9.62 Å². The number of amides is 2. The molecule has 2 unspecified atom stereocenters. The number of allylic oxidation sites excluding steroid dienone is 2. The Morgan fingerprint density at radius 3 is 2.23 bits per heavy atom. The Balaban J connectivity index is 1.27. The minimum atomic E-state index is -3.80. The summed E-state index contributed by atoms with van der Waals surface area (Å²) < 4.78 is 28.6. The molecule has 2 saturated carbocycles. The number of para-hydroxylation sites is 1. The van der Waals surface area contributed by atoms with E-state index in [-0.39, 0.29) is 34.5 Å². The van der Waals surface area contributed by atoms with Gasteiger partial charge in [-0.1, -0.05) is 24.3 Å². The number of carbonyl (C=O) groups excluding carboxylic acids is 2. The first-order valence-electron chi connectivity index (χ1n) is 9.82. The normalized spacial score (nSPS) is 33.0. The number of nitrogens with zero attached hydrogens (tertiary/aromatic N) is 1.